The molecule has 0 aliphatic rings. The van der Waals surface area contributed by atoms with E-state index in [0.717, 1.165) is 24.1 Å². The van der Waals surface area contributed by atoms with Crippen LogP contribution in [0.5, 0.6) is 0 Å². The second kappa shape index (κ2) is 6.81. The smallest absolute Gasteiger partial charge is 0.170 e. The summed E-state index contributed by atoms with van der Waals surface area (Å²) in [7, 11) is 0. The van der Waals surface area contributed by atoms with Crippen LogP contribution in [0.25, 0.3) is 0 Å². The van der Waals surface area contributed by atoms with Crippen LogP contribution in [0.4, 0.5) is 0 Å². The molecule has 4 heteroatoms. The molecule has 1 atom stereocenters. The van der Waals surface area contributed by atoms with E-state index >= 15 is 0 Å². The number of oxime groups is 1. The van der Waals surface area contributed by atoms with Crippen molar-refractivity contribution in [3.63, 3.8) is 0 Å². The summed E-state index contributed by atoms with van der Waals surface area (Å²) in [6, 6.07) is 6.18. The van der Waals surface area contributed by atoms with E-state index in [9.17, 15) is 0 Å². The third kappa shape index (κ3) is 3.89. The monoisotopic (exact) mass is 247 g/mol. The Labute approximate surface area is 108 Å². The minimum absolute atomic E-state index is 0.137. The van der Waals surface area contributed by atoms with Gasteiger partial charge in [0.15, 0.2) is 5.84 Å². The summed E-state index contributed by atoms with van der Waals surface area (Å²) < 4.78 is 0. The number of hydrogen-bond acceptors (Lipinski definition) is 3. The third-order valence-electron chi connectivity index (χ3n) is 2.91. The molecule has 0 spiro atoms. The molecule has 1 unspecified atom stereocenters. The van der Waals surface area contributed by atoms with E-state index in [2.05, 4.69) is 24.0 Å². The zero-order valence-corrected chi connectivity index (χ0v) is 11.0. The van der Waals surface area contributed by atoms with Crippen LogP contribution in [-0.4, -0.2) is 17.1 Å². The summed E-state index contributed by atoms with van der Waals surface area (Å²) in [5.41, 5.74) is 8.61. The predicted octanol–water partition coefficient (Wildman–Crippen LogP) is 2.14. The first-order valence-electron chi connectivity index (χ1n) is 6.00. The Morgan fingerprint density at radius 3 is 2.89 bits per heavy atom. The molecule has 0 aliphatic heterocycles. The first-order chi connectivity index (χ1) is 8.58. The quantitative estimate of drug-likeness (QED) is 0.237. The van der Waals surface area contributed by atoms with E-state index in [0.29, 0.717) is 6.04 Å². The van der Waals surface area contributed by atoms with Crippen LogP contribution in [0.15, 0.2) is 36.0 Å². The number of benzene rings is 1. The van der Waals surface area contributed by atoms with Gasteiger partial charge >= 0.3 is 0 Å². The summed E-state index contributed by atoms with van der Waals surface area (Å²) in [6.45, 7) is 8.67. The van der Waals surface area contributed by atoms with E-state index in [1.165, 1.54) is 5.56 Å². The molecule has 4 N–H and O–H groups in total. The largest absolute Gasteiger partial charge is 0.409 e. The van der Waals surface area contributed by atoms with Gasteiger partial charge in [0.1, 0.15) is 0 Å². The highest BCUT2D eigenvalue weighted by Crippen LogP contribution is 2.11. The van der Waals surface area contributed by atoms with Crippen molar-refractivity contribution in [1.29, 1.82) is 0 Å². The lowest BCUT2D eigenvalue weighted by atomic mass is 10.0. The standard InChI is InChI=1S/C14H21N3O/c1-4-5-11(3)16-9-13-7-6-12(8-10(13)2)14(15)17-18/h4,6-8,11,16,18H,1,5,9H2,2-3H3,(H2,15,17). The Morgan fingerprint density at radius 2 is 2.33 bits per heavy atom. The van der Waals surface area contributed by atoms with Crippen molar-refractivity contribution < 1.29 is 5.21 Å². The summed E-state index contributed by atoms with van der Waals surface area (Å²) in [5, 5.41) is 15.0. The first-order valence-corrected chi connectivity index (χ1v) is 6.00. The summed E-state index contributed by atoms with van der Waals surface area (Å²) in [4.78, 5) is 0. The molecule has 1 aromatic carbocycles. The Kier molecular flexibility index (Phi) is 5.39. The van der Waals surface area contributed by atoms with E-state index in [1.807, 2.05) is 31.2 Å². The lowest BCUT2D eigenvalue weighted by molar-refractivity contribution is 0.318. The number of nitrogens with zero attached hydrogens (tertiary/aromatic N) is 1. The van der Waals surface area contributed by atoms with Crippen molar-refractivity contribution in [3.05, 3.63) is 47.5 Å². The topological polar surface area (TPSA) is 70.6 Å². The van der Waals surface area contributed by atoms with Gasteiger partial charge in [-0.05, 0) is 37.5 Å². The minimum Gasteiger partial charge on any atom is -0.409 e. The summed E-state index contributed by atoms with van der Waals surface area (Å²) in [5.74, 6) is 0.137. The maximum absolute atomic E-state index is 8.62. The number of aryl methyl sites for hydroxylation is 1. The van der Waals surface area contributed by atoms with Gasteiger partial charge in [0.2, 0.25) is 0 Å². The van der Waals surface area contributed by atoms with Crippen LogP contribution in [0, 0.1) is 6.92 Å². The average molecular weight is 247 g/mol. The Bertz CT molecular complexity index is 441. The zero-order chi connectivity index (χ0) is 13.5. The molecule has 0 bridgehead atoms. The maximum atomic E-state index is 8.62. The highest BCUT2D eigenvalue weighted by Gasteiger charge is 2.05. The van der Waals surface area contributed by atoms with Gasteiger partial charge in [-0.15, -0.1) is 6.58 Å². The number of amidine groups is 1. The summed E-state index contributed by atoms with van der Waals surface area (Å²) in [6.07, 6.45) is 2.85. The SMILES string of the molecule is C=CCC(C)NCc1ccc(/C(N)=N/O)cc1C. The van der Waals surface area contributed by atoms with Crippen LogP contribution in [0.2, 0.25) is 0 Å². The van der Waals surface area contributed by atoms with Gasteiger partial charge in [0.25, 0.3) is 0 Å². The molecule has 4 nitrogen and oxygen atoms in total. The van der Waals surface area contributed by atoms with E-state index in [1.54, 1.807) is 0 Å². The molecule has 0 saturated heterocycles. The van der Waals surface area contributed by atoms with Crippen molar-refractivity contribution in [2.24, 2.45) is 10.9 Å². The average Bonchev–Trinajstić information content (AvgIpc) is 2.36. The Morgan fingerprint density at radius 1 is 1.61 bits per heavy atom. The molecule has 0 amide bonds. The van der Waals surface area contributed by atoms with Crippen LogP contribution in [-0.2, 0) is 6.54 Å². The lowest BCUT2D eigenvalue weighted by Gasteiger charge is -2.13. The zero-order valence-electron chi connectivity index (χ0n) is 11.0. The van der Waals surface area contributed by atoms with Gasteiger partial charge in [0.05, 0.1) is 0 Å². The van der Waals surface area contributed by atoms with Gasteiger partial charge < -0.3 is 16.3 Å². The first kappa shape index (κ1) is 14.3. The number of rotatable bonds is 6. The number of nitrogens with two attached hydrogens (primary N) is 1. The highest BCUT2D eigenvalue weighted by molar-refractivity contribution is 5.97. The Balaban J connectivity index is 2.71. The van der Waals surface area contributed by atoms with Gasteiger partial charge in [0, 0.05) is 18.2 Å². The Hall–Kier alpha value is -1.81. The number of hydrogen-bond donors (Lipinski definition) is 3. The van der Waals surface area contributed by atoms with Crippen LogP contribution >= 0.6 is 0 Å². The molecule has 1 rings (SSSR count). The lowest BCUT2D eigenvalue weighted by Crippen LogP contribution is -2.25. The van der Waals surface area contributed by atoms with Crippen molar-refractivity contribution in [3.8, 4) is 0 Å². The van der Waals surface area contributed by atoms with E-state index in [-0.39, 0.29) is 5.84 Å². The van der Waals surface area contributed by atoms with Gasteiger partial charge in [-0.1, -0.05) is 23.4 Å². The van der Waals surface area contributed by atoms with Gasteiger partial charge in [-0.3, -0.25) is 0 Å². The normalized spacial score (nSPS) is 13.3. The second-order valence-corrected chi connectivity index (χ2v) is 4.43. The van der Waals surface area contributed by atoms with Gasteiger partial charge in [-0.2, -0.15) is 0 Å². The minimum atomic E-state index is 0.137. The van der Waals surface area contributed by atoms with Crippen LogP contribution in [0.1, 0.15) is 30.0 Å². The highest BCUT2D eigenvalue weighted by atomic mass is 16.4. The van der Waals surface area contributed by atoms with Crippen LogP contribution < -0.4 is 11.1 Å². The fourth-order valence-electron chi connectivity index (χ4n) is 1.73. The maximum Gasteiger partial charge on any atom is 0.170 e. The number of nitrogens with one attached hydrogen (secondary N) is 1. The van der Waals surface area contributed by atoms with E-state index < -0.39 is 0 Å². The van der Waals surface area contributed by atoms with Crippen molar-refractivity contribution >= 4 is 5.84 Å². The molecule has 0 aliphatic carbocycles. The molecule has 0 fully saturated rings. The van der Waals surface area contributed by atoms with Crippen molar-refractivity contribution in [1.82, 2.24) is 5.32 Å². The third-order valence-corrected chi connectivity index (χ3v) is 2.91. The fourth-order valence-corrected chi connectivity index (χ4v) is 1.73. The predicted molar refractivity (Wildman–Crippen MR) is 74.8 cm³/mol. The molecule has 1 aromatic rings. The second-order valence-electron chi connectivity index (χ2n) is 4.43. The summed E-state index contributed by atoms with van der Waals surface area (Å²) >= 11 is 0. The molecule has 98 valence electrons. The molecule has 0 saturated carbocycles. The van der Waals surface area contributed by atoms with Crippen molar-refractivity contribution in [2.45, 2.75) is 32.9 Å². The molecule has 0 aromatic heterocycles. The molecular formula is C14H21N3O. The molecule has 0 heterocycles. The van der Waals surface area contributed by atoms with Crippen molar-refractivity contribution in [2.75, 3.05) is 0 Å². The van der Waals surface area contributed by atoms with Crippen LogP contribution in [0.3, 0.4) is 0 Å². The molecular weight excluding hydrogens is 226 g/mol. The molecule has 0 radical (unpaired) electrons. The van der Waals surface area contributed by atoms with Gasteiger partial charge in [-0.25, -0.2) is 0 Å². The van der Waals surface area contributed by atoms with E-state index in [4.69, 9.17) is 10.9 Å². The molecule has 18 heavy (non-hydrogen) atoms. The fraction of sp³-hybridized carbons (Fsp3) is 0.357.